The third-order valence-electron chi connectivity index (χ3n) is 6.04. The molecular formula is C25H31N5O2. The molecule has 7 nitrogen and oxygen atoms in total. The first-order chi connectivity index (χ1) is 15.5. The van der Waals surface area contributed by atoms with E-state index in [9.17, 15) is 4.79 Å². The predicted molar refractivity (Wildman–Crippen MR) is 128 cm³/mol. The molecule has 0 radical (unpaired) electrons. The molecule has 1 aliphatic carbocycles. The van der Waals surface area contributed by atoms with Gasteiger partial charge in [-0.15, -0.1) is 0 Å². The zero-order valence-electron chi connectivity index (χ0n) is 19.0. The Morgan fingerprint density at radius 1 is 1.06 bits per heavy atom. The summed E-state index contributed by atoms with van der Waals surface area (Å²) in [4.78, 5) is 24.1. The van der Waals surface area contributed by atoms with Crippen LogP contribution in [0.1, 0.15) is 31.2 Å². The second kappa shape index (κ2) is 9.85. The third kappa shape index (κ3) is 5.10. The Morgan fingerprint density at radius 3 is 2.59 bits per heavy atom. The standard InChI is InChI=1S/C25H31N5O2/c1-30(2)23-21-9-4-5-10-22(21)28-25(29-23)27-19-13-11-18(12-14-19)24(31)26-16-17-7-6-8-20(15-17)32-3/h4-10,15,18-19H,11-14,16H2,1-3H3,(H,26,31)(H,27,28,29)/t18-,19+. The van der Waals surface area contributed by atoms with E-state index in [4.69, 9.17) is 14.7 Å². The van der Waals surface area contributed by atoms with Gasteiger partial charge in [0.2, 0.25) is 11.9 Å². The molecule has 1 amide bonds. The quantitative estimate of drug-likeness (QED) is 0.587. The number of benzene rings is 2. The molecule has 3 aromatic rings. The maximum atomic E-state index is 12.7. The van der Waals surface area contributed by atoms with E-state index >= 15 is 0 Å². The zero-order valence-corrected chi connectivity index (χ0v) is 19.0. The van der Waals surface area contributed by atoms with Crippen LogP contribution in [0.3, 0.4) is 0 Å². The Kier molecular flexibility index (Phi) is 6.73. The van der Waals surface area contributed by atoms with Crippen LogP contribution in [0, 0.1) is 5.92 Å². The van der Waals surface area contributed by atoms with Crippen molar-refractivity contribution in [3.63, 3.8) is 0 Å². The molecule has 0 atom stereocenters. The molecule has 1 saturated carbocycles. The molecular weight excluding hydrogens is 402 g/mol. The summed E-state index contributed by atoms with van der Waals surface area (Å²) < 4.78 is 5.25. The fraction of sp³-hybridized carbons (Fsp3) is 0.400. The predicted octanol–water partition coefficient (Wildman–Crippen LogP) is 3.99. The second-order valence-electron chi connectivity index (χ2n) is 8.54. The van der Waals surface area contributed by atoms with Gasteiger partial charge in [-0.05, 0) is 55.5 Å². The molecule has 2 N–H and O–H groups in total. The highest BCUT2D eigenvalue weighted by atomic mass is 16.5. The van der Waals surface area contributed by atoms with Crippen molar-refractivity contribution in [3.05, 3.63) is 54.1 Å². The minimum Gasteiger partial charge on any atom is -0.497 e. The molecule has 0 saturated heterocycles. The topological polar surface area (TPSA) is 79.4 Å². The van der Waals surface area contributed by atoms with E-state index in [-0.39, 0.29) is 17.9 Å². The van der Waals surface area contributed by atoms with Crippen LogP contribution >= 0.6 is 0 Å². The van der Waals surface area contributed by atoms with Crippen LogP contribution < -0.4 is 20.3 Å². The van der Waals surface area contributed by atoms with Gasteiger partial charge in [-0.1, -0.05) is 24.3 Å². The van der Waals surface area contributed by atoms with E-state index in [2.05, 4.69) is 10.6 Å². The lowest BCUT2D eigenvalue weighted by molar-refractivity contribution is -0.126. The van der Waals surface area contributed by atoms with Crippen molar-refractivity contribution in [2.75, 3.05) is 31.4 Å². The Labute approximate surface area is 189 Å². The minimum absolute atomic E-state index is 0.0496. The molecule has 0 spiro atoms. The first-order valence-electron chi connectivity index (χ1n) is 11.1. The number of rotatable bonds is 7. The van der Waals surface area contributed by atoms with Crippen molar-refractivity contribution in [3.8, 4) is 5.75 Å². The Morgan fingerprint density at radius 2 is 1.84 bits per heavy atom. The van der Waals surface area contributed by atoms with E-state index < -0.39 is 0 Å². The number of fused-ring (bicyclic) bond motifs is 1. The number of ether oxygens (including phenoxy) is 1. The number of hydrogen-bond acceptors (Lipinski definition) is 6. The number of para-hydroxylation sites is 1. The van der Waals surface area contributed by atoms with Crippen LogP contribution in [-0.4, -0.2) is 43.1 Å². The highest BCUT2D eigenvalue weighted by molar-refractivity contribution is 5.90. The van der Waals surface area contributed by atoms with Crippen LogP contribution in [0.15, 0.2) is 48.5 Å². The first kappa shape index (κ1) is 21.9. The van der Waals surface area contributed by atoms with Gasteiger partial charge in [-0.3, -0.25) is 4.79 Å². The Balaban J connectivity index is 1.32. The molecule has 0 bridgehead atoms. The summed E-state index contributed by atoms with van der Waals surface area (Å²) in [6.45, 7) is 0.520. The molecule has 4 rings (SSSR count). The van der Waals surface area contributed by atoms with Gasteiger partial charge in [0.05, 0.1) is 12.6 Å². The van der Waals surface area contributed by atoms with Gasteiger partial charge in [0.25, 0.3) is 0 Å². The maximum absolute atomic E-state index is 12.7. The summed E-state index contributed by atoms with van der Waals surface area (Å²) in [7, 11) is 5.64. The number of nitrogens with zero attached hydrogens (tertiary/aromatic N) is 3. The average Bonchev–Trinajstić information content (AvgIpc) is 2.82. The smallest absolute Gasteiger partial charge is 0.225 e. The minimum atomic E-state index is 0.0496. The van der Waals surface area contributed by atoms with Crippen LogP contribution in [0.25, 0.3) is 10.9 Å². The van der Waals surface area contributed by atoms with Gasteiger partial charge in [-0.2, -0.15) is 4.98 Å². The molecule has 7 heteroatoms. The van der Waals surface area contributed by atoms with Crippen molar-refractivity contribution in [1.82, 2.24) is 15.3 Å². The summed E-state index contributed by atoms with van der Waals surface area (Å²) in [5.41, 5.74) is 1.97. The van der Waals surface area contributed by atoms with Crippen LogP contribution in [-0.2, 0) is 11.3 Å². The van der Waals surface area contributed by atoms with E-state index in [0.717, 1.165) is 53.7 Å². The van der Waals surface area contributed by atoms with Crippen LogP contribution in [0.2, 0.25) is 0 Å². The number of hydrogen-bond donors (Lipinski definition) is 2. The summed E-state index contributed by atoms with van der Waals surface area (Å²) >= 11 is 0. The summed E-state index contributed by atoms with van der Waals surface area (Å²) in [5, 5.41) is 7.62. The number of carbonyl (C=O) groups excluding carboxylic acids is 1. The van der Waals surface area contributed by atoms with Gasteiger partial charge in [0.1, 0.15) is 11.6 Å². The van der Waals surface area contributed by atoms with E-state index in [1.165, 1.54) is 0 Å². The zero-order chi connectivity index (χ0) is 22.5. The largest absolute Gasteiger partial charge is 0.497 e. The van der Waals surface area contributed by atoms with Crippen molar-refractivity contribution in [1.29, 1.82) is 0 Å². The van der Waals surface area contributed by atoms with E-state index in [0.29, 0.717) is 12.5 Å². The lowest BCUT2D eigenvalue weighted by atomic mass is 9.85. The average molecular weight is 434 g/mol. The van der Waals surface area contributed by atoms with Gasteiger partial charge < -0.3 is 20.3 Å². The first-order valence-corrected chi connectivity index (χ1v) is 11.1. The Hall–Kier alpha value is -3.35. The van der Waals surface area contributed by atoms with E-state index in [1.807, 2.05) is 67.5 Å². The SMILES string of the molecule is COc1cccc(CNC(=O)[C@H]2CC[C@@H](Nc3nc(N(C)C)c4ccccc4n3)CC2)c1. The van der Waals surface area contributed by atoms with Crippen molar-refractivity contribution in [2.45, 2.75) is 38.3 Å². The van der Waals surface area contributed by atoms with Gasteiger partial charge in [0, 0.05) is 38.0 Å². The second-order valence-corrected chi connectivity index (χ2v) is 8.54. The highest BCUT2D eigenvalue weighted by Gasteiger charge is 2.26. The fourth-order valence-electron chi connectivity index (χ4n) is 4.26. The van der Waals surface area contributed by atoms with Crippen molar-refractivity contribution in [2.24, 2.45) is 5.92 Å². The summed E-state index contributed by atoms with van der Waals surface area (Å²) in [5.74, 6) is 2.54. The van der Waals surface area contributed by atoms with Crippen molar-refractivity contribution < 1.29 is 9.53 Å². The van der Waals surface area contributed by atoms with Gasteiger partial charge in [0.15, 0.2) is 0 Å². The number of nitrogens with one attached hydrogen (secondary N) is 2. The summed E-state index contributed by atoms with van der Waals surface area (Å²) in [6.07, 6.45) is 3.56. The normalized spacial score (nSPS) is 18.2. The number of amides is 1. The van der Waals surface area contributed by atoms with Crippen LogP contribution in [0.5, 0.6) is 5.75 Å². The van der Waals surface area contributed by atoms with Gasteiger partial charge >= 0.3 is 0 Å². The molecule has 1 aromatic heterocycles. The number of methoxy groups -OCH3 is 1. The maximum Gasteiger partial charge on any atom is 0.225 e. The van der Waals surface area contributed by atoms with Gasteiger partial charge in [-0.25, -0.2) is 4.98 Å². The lowest BCUT2D eigenvalue weighted by Crippen LogP contribution is -2.35. The van der Waals surface area contributed by atoms with Crippen LogP contribution in [0.4, 0.5) is 11.8 Å². The number of anilines is 2. The number of aromatic nitrogens is 2. The highest BCUT2D eigenvalue weighted by Crippen LogP contribution is 2.28. The monoisotopic (exact) mass is 433 g/mol. The molecule has 2 aromatic carbocycles. The lowest BCUT2D eigenvalue weighted by Gasteiger charge is -2.28. The summed E-state index contributed by atoms with van der Waals surface area (Å²) in [6, 6.07) is 16.1. The molecule has 0 unspecified atom stereocenters. The van der Waals surface area contributed by atoms with E-state index in [1.54, 1.807) is 7.11 Å². The fourth-order valence-corrected chi connectivity index (χ4v) is 4.26. The molecule has 32 heavy (non-hydrogen) atoms. The molecule has 168 valence electrons. The number of carbonyl (C=O) groups is 1. The Bertz CT molecular complexity index is 1080. The molecule has 1 aliphatic rings. The van der Waals surface area contributed by atoms with Crippen molar-refractivity contribution >= 4 is 28.6 Å². The molecule has 1 fully saturated rings. The third-order valence-corrected chi connectivity index (χ3v) is 6.04. The molecule has 0 aliphatic heterocycles. The molecule has 1 heterocycles.